The minimum atomic E-state index is -0.353. The molecule has 1 fully saturated rings. The van der Waals surface area contributed by atoms with E-state index >= 15 is 0 Å². The van der Waals surface area contributed by atoms with Crippen LogP contribution in [0.2, 0.25) is 5.02 Å². The fraction of sp³-hybridized carbons (Fsp3) is 0.636. The lowest BCUT2D eigenvalue weighted by molar-refractivity contribution is 0.142. The predicted molar refractivity (Wildman–Crippen MR) is 66.3 cm³/mol. The number of H-pyrrole nitrogens is 1. The standard InChI is InChI=1S/C11H16ClN3O2/c12-8-9(14-7-15-10(8)17)13-5-11(6-16)3-1-2-4-11/h7,16H,1-6H2,(H2,13,14,15,17). The molecule has 5 nitrogen and oxygen atoms in total. The van der Waals surface area contributed by atoms with Crippen molar-refractivity contribution in [3.63, 3.8) is 0 Å². The van der Waals surface area contributed by atoms with Crippen molar-refractivity contribution >= 4 is 17.4 Å². The topological polar surface area (TPSA) is 78.0 Å². The first kappa shape index (κ1) is 12.4. The molecule has 0 amide bonds. The molecule has 1 aliphatic rings. The molecule has 17 heavy (non-hydrogen) atoms. The van der Waals surface area contributed by atoms with Gasteiger partial charge in [0.1, 0.15) is 5.02 Å². The Bertz CT molecular complexity index is 441. The van der Waals surface area contributed by atoms with Gasteiger partial charge in [-0.1, -0.05) is 24.4 Å². The highest BCUT2D eigenvalue weighted by Gasteiger charge is 2.33. The predicted octanol–water partition coefficient (Wildman–Crippen LogP) is 1.39. The number of nitrogens with one attached hydrogen (secondary N) is 2. The molecule has 1 aromatic heterocycles. The summed E-state index contributed by atoms with van der Waals surface area (Å²) >= 11 is 5.84. The molecule has 0 saturated heterocycles. The molecule has 3 N–H and O–H groups in total. The third-order valence-electron chi connectivity index (χ3n) is 3.43. The Hall–Kier alpha value is -1.07. The van der Waals surface area contributed by atoms with Crippen LogP contribution in [0.3, 0.4) is 0 Å². The number of anilines is 1. The van der Waals surface area contributed by atoms with Crippen molar-refractivity contribution in [3.8, 4) is 0 Å². The van der Waals surface area contributed by atoms with E-state index in [1.54, 1.807) is 0 Å². The largest absolute Gasteiger partial charge is 0.396 e. The molecule has 1 aromatic rings. The number of nitrogens with zero attached hydrogens (tertiary/aromatic N) is 1. The van der Waals surface area contributed by atoms with Crippen LogP contribution in [0.15, 0.2) is 11.1 Å². The zero-order chi connectivity index (χ0) is 12.3. The van der Waals surface area contributed by atoms with Gasteiger partial charge in [-0.15, -0.1) is 0 Å². The first-order valence-electron chi connectivity index (χ1n) is 5.75. The second-order valence-corrected chi connectivity index (χ2v) is 4.99. The molecule has 1 saturated carbocycles. The lowest BCUT2D eigenvalue weighted by Gasteiger charge is -2.26. The molecule has 0 unspecified atom stereocenters. The molecule has 6 heteroatoms. The van der Waals surface area contributed by atoms with Gasteiger partial charge in [0, 0.05) is 12.0 Å². The van der Waals surface area contributed by atoms with Crippen LogP contribution < -0.4 is 10.9 Å². The summed E-state index contributed by atoms with van der Waals surface area (Å²) in [5.74, 6) is 0.384. The molecule has 94 valence electrons. The Morgan fingerprint density at radius 3 is 2.88 bits per heavy atom. The fourth-order valence-electron chi connectivity index (χ4n) is 2.29. The highest BCUT2D eigenvalue weighted by Crippen LogP contribution is 2.37. The van der Waals surface area contributed by atoms with E-state index in [0.717, 1.165) is 25.7 Å². The molecule has 0 aliphatic heterocycles. The Balaban J connectivity index is 2.06. The van der Waals surface area contributed by atoms with Crippen LogP contribution in [0, 0.1) is 5.41 Å². The second-order valence-electron chi connectivity index (χ2n) is 4.61. The highest BCUT2D eigenvalue weighted by atomic mass is 35.5. The van der Waals surface area contributed by atoms with Gasteiger partial charge in [0.05, 0.1) is 12.9 Å². The maximum absolute atomic E-state index is 11.3. The number of aromatic nitrogens is 2. The number of aliphatic hydroxyl groups is 1. The summed E-state index contributed by atoms with van der Waals surface area (Å²) in [5, 5.41) is 12.6. The highest BCUT2D eigenvalue weighted by molar-refractivity contribution is 6.32. The minimum Gasteiger partial charge on any atom is -0.396 e. The van der Waals surface area contributed by atoms with Crippen LogP contribution in [0.5, 0.6) is 0 Å². The summed E-state index contributed by atoms with van der Waals surface area (Å²) in [5.41, 5.74) is -0.443. The van der Waals surface area contributed by atoms with Crippen LogP contribution in [0.25, 0.3) is 0 Å². The van der Waals surface area contributed by atoms with Gasteiger partial charge in [0.15, 0.2) is 5.82 Å². The average Bonchev–Trinajstić information content (AvgIpc) is 2.81. The van der Waals surface area contributed by atoms with Gasteiger partial charge >= 0.3 is 0 Å². The van der Waals surface area contributed by atoms with Crippen molar-refractivity contribution in [2.75, 3.05) is 18.5 Å². The van der Waals surface area contributed by atoms with E-state index in [2.05, 4.69) is 15.3 Å². The van der Waals surface area contributed by atoms with Gasteiger partial charge < -0.3 is 15.4 Å². The van der Waals surface area contributed by atoms with Crippen molar-refractivity contribution in [2.45, 2.75) is 25.7 Å². The third kappa shape index (κ3) is 2.61. The van der Waals surface area contributed by atoms with E-state index in [4.69, 9.17) is 11.6 Å². The summed E-state index contributed by atoms with van der Waals surface area (Å²) in [6, 6.07) is 0. The number of halogens is 1. The molecule has 1 heterocycles. The van der Waals surface area contributed by atoms with Crippen LogP contribution in [0.4, 0.5) is 5.82 Å². The van der Waals surface area contributed by atoms with Gasteiger partial charge in [0.25, 0.3) is 5.56 Å². The average molecular weight is 258 g/mol. The zero-order valence-corrected chi connectivity index (χ0v) is 10.3. The molecular weight excluding hydrogens is 242 g/mol. The molecule has 0 aromatic carbocycles. The van der Waals surface area contributed by atoms with Crippen molar-refractivity contribution < 1.29 is 5.11 Å². The summed E-state index contributed by atoms with van der Waals surface area (Å²) in [4.78, 5) is 17.7. The van der Waals surface area contributed by atoms with Gasteiger partial charge in [-0.2, -0.15) is 0 Å². The van der Waals surface area contributed by atoms with Gasteiger partial charge in [-0.3, -0.25) is 4.79 Å². The monoisotopic (exact) mass is 257 g/mol. The Kier molecular flexibility index (Phi) is 3.69. The molecule has 0 atom stereocenters. The normalized spacial score (nSPS) is 18.2. The van der Waals surface area contributed by atoms with Crippen LogP contribution in [0.1, 0.15) is 25.7 Å². The number of aliphatic hydroxyl groups excluding tert-OH is 1. The Labute approximate surface area is 104 Å². The maximum atomic E-state index is 11.3. The number of hydrogen-bond donors (Lipinski definition) is 3. The van der Waals surface area contributed by atoms with Crippen LogP contribution >= 0.6 is 11.6 Å². The molecular formula is C11H16ClN3O2. The van der Waals surface area contributed by atoms with Crippen LogP contribution in [-0.4, -0.2) is 28.2 Å². The van der Waals surface area contributed by atoms with Crippen LogP contribution in [-0.2, 0) is 0 Å². The summed E-state index contributed by atoms with van der Waals surface area (Å²) in [6.45, 7) is 0.750. The van der Waals surface area contributed by atoms with E-state index in [1.165, 1.54) is 6.33 Å². The number of hydrogen-bond acceptors (Lipinski definition) is 4. The molecule has 2 rings (SSSR count). The summed E-state index contributed by atoms with van der Waals surface area (Å²) in [6.07, 6.45) is 5.59. The molecule has 0 bridgehead atoms. The van der Waals surface area contributed by atoms with Gasteiger partial charge in [-0.25, -0.2) is 4.98 Å². The first-order chi connectivity index (χ1) is 8.17. The number of aromatic amines is 1. The minimum absolute atomic E-state index is 0.0681. The summed E-state index contributed by atoms with van der Waals surface area (Å²) in [7, 11) is 0. The van der Waals surface area contributed by atoms with E-state index in [9.17, 15) is 9.90 Å². The maximum Gasteiger partial charge on any atom is 0.271 e. The molecule has 1 aliphatic carbocycles. The molecule has 0 spiro atoms. The van der Waals surface area contributed by atoms with E-state index in [-0.39, 0.29) is 22.6 Å². The SMILES string of the molecule is O=c1[nH]cnc(NCC2(CO)CCCC2)c1Cl. The van der Waals surface area contributed by atoms with E-state index in [1.807, 2.05) is 0 Å². The fourth-order valence-corrected chi connectivity index (χ4v) is 2.46. The van der Waals surface area contributed by atoms with Crippen molar-refractivity contribution in [2.24, 2.45) is 5.41 Å². The lowest BCUT2D eigenvalue weighted by atomic mass is 9.87. The van der Waals surface area contributed by atoms with Gasteiger partial charge in [0.2, 0.25) is 0 Å². The Morgan fingerprint density at radius 1 is 1.53 bits per heavy atom. The molecule has 0 radical (unpaired) electrons. The first-order valence-corrected chi connectivity index (χ1v) is 6.13. The summed E-state index contributed by atoms with van der Waals surface area (Å²) < 4.78 is 0. The second kappa shape index (κ2) is 5.06. The quantitative estimate of drug-likeness (QED) is 0.762. The van der Waals surface area contributed by atoms with Crippen molar-refractivity contribution in [3.05, 3.63) is 21.7 Å². The van der Waals surface area contributed by atoms with Crippen molar-refractivity contribution in [1.29, 1.82) is 0 Å². The number of rotatable bonds is 4. The third-order valence-corrected chi connectivity index (χ3v) is 3.78. The van der Waals surface area contributed by atoms with Gasteiger partial charge in [-0.05, 0) is 12.8 Å². The van der Waals surface area contributed by atoms with Crippen molar-refractivity contribution in [1.82, 2.24) is 9.97 Å². The van der Waals surface area contributed by atoms with E-state index in [0.29, 0.717) is 12.4 Å². The lowest BCUT2D eigenvalue weighted by Crippen LogP contribution is -2.31. The zero-order valence-electron chi connectivity index (χ0n) is 9.50. The van der Waals surface area contributed by atoms with E-state index < -0.39 is 0 Å². The Morgan fingerprint density at radius 2 is 2.24 bits per heavy atom. The smallest absolute Gasteiger partial charge is 0.271 e.